The van der Waals surface area contributed by atoms with Crippen LogP contribution in [0.25, 0.3) is 33.4 Å². The van der Waals surface area contributed by atoms with Crippen LogP contribution in [0.2, 0.25) is 10.0 Å². The maximum absolute atomic E-state index is 16.5. The number of phenols is 1. The molecule has 318 valence electrons. The standard InChI is InChI=1S/C46H32Cl2F4N6O5/c47-33-17-29-35(36-37(46(61)62)39(50)41(52)40(51)38(36)49)30-18-34(48)43(60)32(24-58(21-27-11-3-7-15-55-27)22-28-12-4-8-16-56-28)45(30)63-44(29)31(42(33)59)23-57(19-25-9-1-5-13-53-25)20-26-10-2-6-14-54-26/h1-18,59H,19-24H2,(H,61,62). The van der Waals surface area contributed by atoms with Gasteiger partial charge in [-0.3, -0.25) is 34.5 Å². The zero-order chi connectivity index (χ0) is 44.4. The number of phenolic OH excluding ortho intramolecular Hbond substituents is 1. The van der Waals surface area contributed by atoms with E-state index in [1.807, 2.05) is 4.90 Å². The predicted molar refractivity (Wildman–Crippen MR) is 226 cm³/mol. The summed E-state index contributed by atoms with van der Waals surface area (Å²) in [6.07, 6.45) is 6.38. The lowest BCUT2D eigenvalue weighted by Gasteiger charge is -2.26. The third kappa shape index (κ3) is 8.81. The largest absolute Gasteiger partial charge is 0.506 e. The molecule has 0 saturated carbocycles. The molecular formula is C46H32Cl2F4N6O5. The van der Waals surface area contributed by atoms with Crippen LogP contribution >= 0.6 is 23.2 Å². The average molecular weight is 896 g/mol. The van der Waals surface area contributed by atoms with Crippen LogP contribution in [0, 0.1) is 23.3 Å². The van der Waals surface area contributed by atoms with Gasteiger partial charge < -0.3 is 14.6 Å². The highest BCUT2D eigenvalue weighted by Gasteiger charge is 2.36. The first kappa shape index (κ1) is 42.9. The molecule has 5 heterocycles. The zero-order valence-electron chi connectivity index (χ0n) is 32.7. The third-order valence-corrected chi connectivity index (χ3v) is 10.8. The second-order valence-electron chi connectivity index (χ2n) is 14.5. The number of hydrogen-bond acceptors (Lipinski definition) is 10. The number of carboxylic acid groups (broad SMARTS) is 1. The Kier molecular flexibility index (Phi) is 12.4. The average Bonchev–Trinajstić information content (AvgIpc) is 3.28. The number of hydrogen-bond donors (Lipinski definition) is 2. The van der Waals surface area contributed by atoms with E-state index in [4.69, 9.17) is 27.6 Å². The van der Waals surface area contributed by atoms with Crippen LogP contribution in [0.4, 0.5) is 17.6 Å². The third-order valence-electron chi connectivity index (χ3n) is 10.3. The van der Waals surface area contributed by atoms with E-state index >= 15 is 13.2 Å². The van der Waals surface area contributed by atoms with Crippen LogP contribution in [-0.2, 0) is 39.3 Å². The van der Waals surface area contributed by atoms with Gasteiger partial charge in [0, 0.05) is 86.1 Å². The maximum atomic E-state index is 16.5. The number of halogens is 6. The Hall–Kier alpha value is -6.78. The van der Waals surface area contributed by atoms with Crippen molar-refractivity contribution >= 4 is 40.1 Å². The van der Waals surface area contributed by atoms with Gasteiger partial charge in [0.05, 0.1) is 43.9 Å². The van der Waals surface area contributed by atoms with E-state index in [0.717, 1.165) is 12.1 Å². The molecule has 6 aromatic rings. The number of rotatable bonds is 14. The highest BCUT2D eigenvalue weighted by Crippen LogP contribution is 2.49. The van der Waals surface area contributed by atoms with Crippen LogP contribution in [-0.4, -0.2) is 45.9 Å². The quantitative estimate of drug-likeness (QED) is 0.0466. The van der Waals surface area contributed by atoms with E-state index in [-0.39, 0.29) is 77.7 Å². The number of carbonyl (C=O) groups is 1. The highest BCUT2D eigenvalue weighted by molar-refractivity contribution is 6.33. The van der Waals surface area contributed by atoms with Crippen LogP contribution in [0.3, 0.4) is 0 Å². The van der Waals surface area contributed by atoms with Crippen LogP contribution in [0.5, 0.6) is 5.75 Å². The van der Waals surface area contributed by atoms with Crippen LogP contribution < -0.4 is 5.43 Å². The van der Waals surface area contributed by atoms with Crippen molar-refractivity contribution in [2.45, 2.75) is 39.3 Å². The van der Waals surface area contributed by atoms with Gasteiger partial charge in [0.1, 0.15) is 22.7 Å². The van der Waals surface area contributed by atoms with Crippen LogP contribution in [0.1, 0.15) is 44.3 Å². The minimum Gasteiger partial charge on any atom is -0.506 e. The number of pyridine rings is 4. The summed E-state index contributed by atoms with van der Waals surface area (Å²) in [4.78, 5) is 48.4. The molecule has 2 aliphatic rings. The Bertz CT molecular complexity index is 2930. The molecule has 0 spiro atoms. The van der Waals surface area contributed by atoms with Gasteiger partial charge in [-0.2, -0.15) is 0 Å². The molecule has 0 bridgehead atoms. The molecule has 17 heteroatoms. The van der Waals surface area contributed by atoms with Gasteiger partial charge in [-0.25, -0.2) is 22.4 Å². The SMILES string of the molecule is O=C(O)c1c(F)c(F)c(F)c(F)c1-c1c2cc(Cl)c(=O)c(CN(Cc3ccccn3)Cc3ccccn3)c-2oc2c(CN(Cc3ccccn3)Cc3ccccn3)c(O)c(Cl)cc12. The van der Waals surface area contributed by atoms with Gasteiger partial charge in [0.25, 0.3) is 0 Å². The molecule has 11 nitrogen and oxygen atoms in total. The molecule has 1 aliphatic carbocycles. The lowest BCUT2D eigenvalue weighted by Crippen LogP contribution is -2.27. The number of aromatic nitrogens is 4. The van der Waals surface area contributed by atoms with Crippen molar-refractivity contribution in [3.05, 3.63) is 193 Å². The number of benzene rings is 3. The minimum atomic E-state index is -2.36. The molecule has 0 amide bonds. The molecule has 4 aromatic heterocycles. The topological polar surface area (TPSA) is 146 Å². The summed E-state index contributed by atoms with van der Waals surface area (Å²) >= 11 is 13.3. The summed E-state index contributed by atoms with van der Waals surface area (Å²) in [6, 6.07) is 23.3. The van der Waals surface area contributed by atoms with E-state index in [2.05, 4.69) is 19.9 Å². The van der Waals surface area contributed by atoms with Crippen molar-refractivity contribution in [1.29, 1.82) is 0 Å². The number of nitrogens with zero attached hydrogens (tertiary/aromatic N) is 6. The summed E-state index contributed by atoms with van der Waals surface area (Å²) in [6.45, 7) is 0.171. The highest BCUT2D eigenvalue weighted by atomic mass is 35.5. The molecule has 0 fully saturated rings. The Balaban J connectivity index is 1.43. The molecule has 0 atom stereocenters. The predicted octanol–water partition coefficient (Wildman–Crippen LogP) is 9.82. The summed E-state index contributed by atoms with van der Waals surface area (Å²) in [7, 11) is 0. The van der Waals surface area contributed by atoms with E-state index in [1.54, 1.807) is 102 Å². The summed E-state index contributed by atoms with van der Waals surface area (Å²) in [5.74, 6) is -11.9. The van der Waals surface area contributed by atoms with Crippen molar-refractivity contribution in [2.75, 3.05) is 0 Å². The summed E-state index contributed by atoms with van der Waals surface area (Å²) in [5.41, 5.74) is -2.45. The maximum Gasteiger partial charge on any atom is 0.339 e. The van der Waals surface area contributed by atoms with Crippen molar-refractivity contribution in [2.24, 2.45) is 0 Å². The number of aromatic carboxylic acids is 1. The van der Waals surface area contributed by atoms with E-state index < -0.39 is 62.1 Å². The molecular weight excluding hydrogens is 863 g/mol. The van der Waals surface area contributed by atoms with Gasteiger partial charge in [-0.05, 0) is 60.7 Å². The van der Waals surface area contributed by atoms with Gasteiger partial charge in [-0.1, -0.05) is 47.5 Å². The van der Waals surface area contributed by atoms with Crippen molar-refractivity contribution in [3.8, 4) is 28.2 Å². The first-order valence-electron chi connectivity index (χ1n) is 19.2. The van der Waals surface area contributed by atoms with Gasteiger partial charge in [-0.15, -0.1) is 0 Å². The Morgan fingerprint density at radius 1 is 0.603 bits per heavy atom. The Morgan fingerprint density at radius 2 is 1.06 bits per heavy atom. The van der Waals surface area contributed by atoms with E-state index in [9.17, 15) is 24.2 Å². The number of carboxylic acids is 1. The van der Waals surface area contributed by atoms with E-state index in [1.165, 1.54) is 0 Å². The van der Waals surface area contributed by atoms with Gasteiger partial charge >= 0.3 is 5.97 Å². The first-order valence-corrected chi connectivity index (χ1v) is 19.9. The minimum absolute atomic E-state index is 0.0555. The molecule has 2 aromatic carbocycles. The lowest BCUT2D eigenvalue weighted by atomic mass is 9.87. The molecule has 0 radical (unpaired) electrons. The Labute approximate surface area is 365 Å². The summed E-state index contributed by atoms with van der Waals surface area (Å²) in [5, 5.41) is 21.0. The summed E-state index contributed by atoms with van der Waals surface area (Å²) < 4.78 is 69.1. The van der Waals surface area contributed by atoms with Crippen molar-refractivity contribution < 1.29 is 37.0 Å². The smallest absolute Gasteiger partial charge is 0.339 e. The first-order chi connectivity index (χ1) is 30.4. The fraction of sp³-hybridized carbons (Fsp3) is 0.130. The lowest BCUT2D eigenvalue weighted by molar-refractivity contribution is 0.0690. The molecule has 0 unspecified atom stereocenters. The fourth-order valence-corrected chi connectivity index (χ4v) is 7.93. The second-order valence-corrected chi connectivity index (χ2v) is 15.3. The molecule has 8 rings (SSSR count). The Morgan fingerprint density at radius 3 is 1.51 bits per heavy atom. The van der Waals surface area contributed by atoms with E-state index in [0.29, 0.717) is 22.8 Å². The number of fused-ring (bicyclic) bond motifs is 2. The normalized spacial score (nSPS) is 11.6. The number of aromatic hydroxyl groups is 1. The van der Waals surface area contributed by atoms with Gasteiger partial charge in [0.2, 0.25) is 5.43 Å². The van der Waals surface area contributed by atoms with Gasteiger partial charge in [0.15, 0.2) is 23.3 Å². The molecule has 0 saturated heterocycles. The van der Waals surface area contributed by atoms with Crippen molar-refractivity contribution in [3.63, 3.8) is 0 Å². The second kappa shape index (κ2) is 18.3. The fourth-order valence-electron chi connectivity index (χ4n) is 7.49. The van der Waals surface area contributed by atoms with Crippen LogP contribution in [0.15, 0.2) is 119 Å². The molecule has 2 N–H and O–H groups in total. The van der Waals surface area contributed by atoms with Crippen molar-refractivity contribution in [1.82, 2.24) is 29.7 Å². The molecule has 63 heavy (non-hydrogen) atoms. The molecule has 1 aliphatic heterocycles. The zero-order valence-corrected chi connectivity index (χ0v) is 34.2. The monoisotopic (exact) mass is 894 g/mol.